The first kappa shape index (κ1) is 30.8. The fourth-order valence-electron chi connectivity index (χ4n) is 4.50. The van der Waals surface area contributed by atoms with E-state index in [0.717, 1.165) is 24.5 Å². The highest BCUT2D eigenvalue weighted by Gasteiger charge is 2.37. The van der Waals surface area contributed by atoms with Crippen molar-refractivity contribution >= 4 is 23.7 Å². The van der Waals surface area contributed by atoms with Gasteiger partial charge in [0, 0.05) is 19.5 Å². The summed E-state index contributed by atoms with van der Waals surface area (Å²) >= 11 is 0. The summed E-state index contributed by atoms with van der Waals surface area (Å²) in [6, 6.07) is 14.4. The van der Waals surface area contributed by atoms with Gasteiger partial charge >= 0.3 is 12.1 Å². The second kappa shape index (κ2) is 14.6. The van der Waals surface area contributed by atoms with Gasteiger partial charge in [-0.25, -0.2) is 9.59 Å². The van der Waals surface area contributed by atoms with Crippen LogP contribution >= 0.6 is 0 Å². The van der Waals surface area contributed by atoms with Crippen LogP contribution in [0.1, 0.15) is 30.4 Å². The van der Waals surface area contributed by atoms with E-state index in [9.17, 15) is 29.7 Å². The molecule has 1 saturated heterocycles. The minimum atomic E-state index is -1.61. The number of amides is 2. The number of aliphatic hydroxyl groups excluding tert-OH is 2. The molecule has 2 heterocycles. The van der Waals surface area contributed by atoms with Crippen LogP contribution in [0.4, 0.5) is 10.5 Å². The molecule has 0 spiro atoms. The first-order chi connectivity index (χ1) is 20.2. The van der Waals surface area contributed by atoms with Crippen molar-refractivity contribution in [1.82, 2.24) is 4.90 Å². The number of carbonyl (C=O) groups is 3. The van der Waals surface area contributed by atoms with Gasteiger partial charge in [0.2, 0.25) is 11.7 Å². The molecule has 2 aromatic carbocycles. The number of rotatable bonds is 12. The molecule has 1 fully saturated rings. The number of ether oxygens (including phenoxy) is 4. The summed E-state index contributed by atoms with van der Waals surface area (Å²) in [5.74, 6) is -2.46. The molecular weight excluding hydrogens is 550 g/mol. The average Bonchev–Trinajstić information content (AvgIpc) is 3.44. The van der Waals surface area contributed by atoms with Crippen molar-refractivity contribution < 1.29 is 48.7 Å². The van der Waals surface area contributed by atoms with Crippen LogP contribution in [0.5, 0.6) is 5.75 Å². The second-order valence-corrected chi connectivity index (χ2v) is 9.79. The third-order valence-corrected chi connectivity index (χ3v) is 6.68. The van der Waals surface area contributed by atoms with Gasteiger partial charge in [-0.15, -0.1) is 0 Å². The van der Waals surface area contributed by atoms with Crippen LogP contribution in [0.3, 0.4) is 0 Å². The van der Waals surface area contributed by atoms with E-state index in [-0.39, 0.29) is 37.2 Å². The topological polar surface area (TPSA) is 190 Å². The maximum Gasteiger partial charge on any atom is 0.412 e. The molecule has 4 rings (SSSR count). The van der Waals surface area contributed by atoms with Crippen molar-refractivity contribution in [1.29, 1.82) is 0 Å². The number of anilines is 1. The zero-order valence-electron chi connectivity index (χ0n) is 22.9. The number of nitrogens with one attached hydrogen (secondary N) is 1. The zero-order valence-corrected chi connectivity index (χ0v) is 22.9. The predicted octanol–water partition coefficient (Wildman–Crippen LogP) is 1.72. The van der Waals surface area contributed by atoms with E-state index in [1.54, 1.807) is 11.0 Å². The predicted molar refractivity (Wildman–Crippen MR) is 148 cm³/mol. The molecule has 13 nitrogen and oxygen atoms in total. The smallest absolute Gasteiger partial charge is 0.412 e. The summed E-state index contributed by atoms with van der Waals surface area (Å²) in [4.78, 5) is 38.1. The van der Waals surface area contributed by atoms with Gasteiger partial charge in [0.05, 0.1) is 12.3 Å². The van der Waals surface area contributed by atoms with Crippen LogP contribution < -0.4 is 15.8 Å². The van der Waals surface area contributed by atoms with Crippen molar-refractivity contribution in [3.05, 3.63) is 71.5 Å². The molecule has 2 amide bonds. The Hall–Kier alpha value is -4.17. The molecule has 2 aromatic rings. The summed E-state index contributed by atoms with van der Waals surface area (Å²) in [6.07, 6.45) is -2.59. The number of likely N-dealkylation sites (tertiary alicyclic amines) is 1. The molecule has 226 valence electrons. The van der Waals surface area contributed by atoms with E-state index >= 15 is 0 Å². The lowest BCUT2D eigenvalue weighted by Gasteiger charge is -2.31. The minimum Gasteiger partial charge on any atom is -0.475 e. The number of aliphatic carboxylic acids is 1. The van der Waals surface area contributed by atoms with Crippen LogP contribution in [0.2, 0.25) is 0 Å². The number of carbonyl (C=O) groups excluding carboxylic acids is 2. The Morgan fingerprint density at radius 3 is 2.62 bits per heavy atom. The second-order valence-electron chi connectivity index (χ2n) is 9.79. The summed E-state index contributed by atoms with van der Waals surface area (Å²) in [6.45, 7) is 0.933. The number of carboxylic acids is 1. The van der Waals surface area contributed by atoms with Crippen LogP contribution in [0.25, 0.3) is 0 Å². The Bertz CT molecular complexity index is 1270. The Balaban J connectivity index is 1.39. The highest BCUT2D eigenvalue weighted by molar-refractivity contribution is 5.92. The third-order valence-electron chi connectivity index (χ3n) is 6.68. The molecule has 6 N–H and O–H groups in total. The van der Waals surface area contributed by atoms with E-state index in [1.807, 2.05) is 30.3 Å². The van der Waals surface area contributed by atoms with Crippen molar-refractivity contribution in [3.63, 3.8) is 0 Å². The van der Waals surface area contributed by atoms with Crippen molar-refractivity contribution in [3.8, 4) is 5.75 Å². The van der Waals surface area contributed by atoms with Crippen LogP contribution in [-0.4, -0.2) is 82.6 Å². The molecule has 1 unspecified atom stereocenters. The largest absolute Gasteiger partial charge is 0.475 e. The molecule has 42 heavy (non-hydrogen) atoms. The number of hydrogen-bond acceptors (Lipinski definition) is 10. The first-order valence-corrected chi connectivity index (χ1v) is 13.6. The monoisotopic (exact) mass is 585 g/mol. The number of aliphatic hydroxyl groups is 2. The van der Waals surface area contributed by atoms with E-state index in [2.05, 4.69) is 5.32 Å². The van der Waals surface area contributed by atoms with Crippen molar-refractivity contribution in [2.24, 2.45) is 5.73 Å². The fourth-order valence-corrected chi connectivity index (χ4v) is 4.50. The highest BCUT2D eigenvalue weighted by Crippen LogP contribution is 2.31. The molecule has 2 aliphatic heterocycles. The fraction of sp³-hybridized carbons (Fsp3) is 0.414. The molecule has 0 aromatic heterocycles. The number of nitrogens with two attached hydrogens (primary N) is 1. The molecule has 0 aliphatic carbocycles. The lowest BCUT2D eigenvalue weighted by molar-refractivity contribution is -0.172. The van der Waals surface area contributed by atoms with E-state index < -0.39 is 42.2 Å². The molecule has 2 aliphatic rings. The van der Waals surface area contributed by atoms with E-state index in [4.69, 9.17) is 24.7 Å². The normalized spacial score (nSPS) is 21.7. The van der Waals surface area contributed by atoms with Gasteiger partial charge in [-0.05, 0) is 48.6 Å². The number of hydrogen-bond donors (Lipinski definition) is 5. The first-order valence-electron chi connectivity index (χ1n) is 13.6. The van der Waals surface area contributed by atoms with Gasteiger partial charge in [-0.3, -0.25) is 9.69 Å². The van der Waals surface area contributed by atoms with Crippen LogP contribution in [-0.2, 0) is 36.8 Å². The third kappa shape index (κ3) is 8.19. The molecule has 13 heteroatoms. The van der Waals surface area contributed by atoms with Gasteiger partial charge < -0.3 is 45.3 Å². The highest BCUT2D eigenvalue weighted by atomic mass is 16.7. The molecular formula is C29H35N3O10. The van der Waals surface area contributed by atoms with Gasteiger partial charge in [-0.2, -0.15) is 0 Å². The maximum absolute atomic E-state index is 12.9. The molecule has 0 saturated carbocycles. The number of benzene rings is 2. The quantitative estimate of drug-likeness (QED) is 0.244. The SMILES string of the molecule is NCCC(=O)Nc1cc(COC(=O)N2CCCC2OCCc2ccccc2)ccc1O[C@@H]1OC(C(=O)O)=C[C@H](O)[C@H]1O. The molecule has 0 bridgehead atoms. The van der Waals surface area contributed by atoms with Gasteiger partial charge in [0.25, 0.3) is 6.29 Å². The van der Waals surface area contributed by atoms with Gasteiger partial charge in [-0.1, -0.05) is 36.4 Å². The van der Waals surface area contributed by atoms with Crippen LogP contribution in [0.15, 0.2) is 60.4 Å². The summed E-state index contributed by atoms with van der Waals surface area (Å²) in [5, 5.41) is 32.2. The summed E-state index contributed by atoms with van der Waals surface area (Å²) in [5.41, 5.74) is 7.28. The number of nitrogens with zero attached hydrogens (tertiary/aromatic N) is 1. The Morgan fingerprint density at radius 1 is 1.10 bits per heavy atom. The Morgan fingerprint density at radius 2 is 1.88 bits per heavy atom. The lowest BCUT2D eigenvalue weighted by Crippen LogP contribution is -2.46. The standard InChI is InChI=1S/C29H35N3O10/c30-12-10-24(34)31-20-15-19(8-9-22(20)41-28-26(35)21(33)16-23(42-28)27(36)37)17-40-29(38)32-13-4-7-25(32)39-14-11-18-5-2-1-3-6-18/h1-3,5-6,8-9,15-16,21,25-26,28,33,35H,4,7,10-14,17,30H2,(H,31,34)(H,36,37)/t21-,25?,26+,28+/m0/s1. The van der Waals surface area contributed by atoms with E-state index in [1.165, 1.54) is 12.1 Å². The van der Waals surface area contributed by atoms with Crippen molar-refractivity contribution in [2.45, 2.75) is 57.0 Å². The van der Waals surface area contributed by atoms with E-state index in [0.29, 0.717) is 25.1 Å². The zero-order chi connectivity index (χ0) is 30.1. The molecule has 4 atom stereocenters. The van der Waals surface area contributed by atoms with Gasteiger partial charge in [0.1, 0.15) is 24.7 Å². The average molecular weight is 586 g/mol. The van der Waals surface area contributed by atoms with Crippen LogP contribution in [0, 0.1) is 0 Å². The van der Waals surface area contributed by atoms with Gasteiger partial charge in [0.15, 0.2) is 6.10 Å². The maximum atomic E-state index is 12.9. The van der Waals surface area contributed by atoms with Crippen molar-refractivity contribution in [2.75, 3.05) is 25.0 Å². The Labute approximate surface area is 242 Å². The summed E-state index contributed by atoms with van der Waals surface area (Å²) < 4.78 is 22.3. The lowest BCUT2D eigenvalue weighted by atomic mass is 10.1. The minimum absolute atomic E-state index is 0.00639. The summed E-state index contributed by atoms with van der Waals surface area (Å²) in [7, 11) is 0. The number of carboxylic acid groups (broad SMARTS) is 1. The Kier molecular flexibility index (Phi) is 10.7. The molecule has 0 radical (unpaired) electrons.